The maximum Gasteiger partial charge on any atom is 0.0522 e. The van der Waals surface area contributed by atoms with Gasteiger partial charge in [-0.25, -0.2) is 0 Å². The van der Waals surface area contributed by atoms with Crippen molar-refractivity contribution < 1.29 is 5.11 Å². The second-order valence-corrected chi connectivity index (χ2v) is 7.01. The summed E-state index contributed by atoms with van der Waals surface area (Å²) >= 11 is 0. The predicted molar refractivity (Wildman–Crippen MR) is 66.1 cm³/mol. The molecule has 3 aliphatic carbocycles. The smallest absolute Gasteiger partial charge is 0.0522 e. The molecule has 0 heterocycles. The summed E-state index contributed by atoms with van der Waals surface area (Å²) in [4.78, 5) is 0. The van der Waals surface area contributed by atoms with Gasteiger partial charge in [-0.2, -0.15) is 0 Å². The van der Waals surface area contributed by atoms with Gasteiger partial charge in [0, 0.05) is 5.41 Å². The zero-order valence-corrected chi connectivity index (χ0v) is 10.8. The van der Waals surface area contributed by atoms with E-state index in [1.165, 1.54) is 32.1 Å². The maximum absolute atomic E-state index is 9.74. The molecule has 0 amide bonds. The van der Waals surface area contributed by atoms with Crippen LogP contribution in [0, 0.1) is 22.7 Å². The summed E-state index contributed by atoms with van der Waals surface area (Å²) in [6.45, 7) is 7.50. The van der Waals surface area contributed by atoms with Crippen molar-refractivity contribution in [3.05, 3.63) is 11.1 Å². The van der Waals surface area contributed by atoms with E-state index >= 15 is 0 Å². The minimum absolute atomic E-state index is 0.114. The van der Waals surface area contributed by atoms with E-state index in [2.05, 4.69) is 20.8 Å². The van der Waals surface area contributed by atoms with Gasteiger partial charge in [0.25, 0.3) is 0 Å². The van der Waals surface area contributed by atoms with Crippen LogP contribution in [0.25, 0.3) is 0 Å². The van der Waals surface area contributed by atoms with Crippen LogP contribution < -0.4 is 0 Å². The van der Waals surface area contributed by atoms with Crippen molar-refractivity contribution >= 4 is 0 Å². The zero-order chi connectivity index (χ0) is 11.6. The maximum atomic E-state index is 9.74. The first-order valence-corrected chi connectivity index (χ1v) is 6.85. The van der Waals surface area contributed by atoms with Crippen LogP contribution in [0.4, 0.5) is 0 Å². The van der Waals surface area contributed by atoms with E-state index in [9.17, 15) is 5.11 Å². The lowest BCUT2D eigenvalue weighted by molar-refractivity contribution is 0.141. The highest BCUT2D eigenvalue weighted by atomic mass is 16.3. The Kier molecular flexibility index (Phi) is 2.12. The van der Waals surface area contributed by atoms with Crippen LogP contribution in [-0.2, 0) is 0 Å². The normalized spacial score (nSPS) is 51.0. The van der Waals surface area contributed by atoms with Gasteiger partial charge in [-0.1, -0.05) is 31.9 Å². The standard InChI is InChI=1S/C15H24O/c1-10-4-5-12-13-11(10)6-7-14(13,2)8-15(12,3)9-16/h10-11,16H,4-9H2,1-3H3. The Hall–Kier alpha value is -0.300. The van der Waals surface area contributed by atoms with Gasteiger partial charge in [0.1, 0.15) is 0 Å². The van der Waals surface area contributed by atoms with Crippen LogP contribution >= 0.6 is 0 Å². The molecule has 3 aliphatic rings. The summed E-state index contributed by atoms with van der Waals surface area (Å²) in [7, 11) is 0. The zero-order valence-electron chi connectivity index (χ0n) is 10.8. The number of hydrogen-bond donors (Lipinski definition) is 1. The van der Waals surface area contributed by atoms with Crippen LogP contribution in [0.5, 0.6) is 0 Å². The molecular weight excluding hydrogens is 196 g/mol. The Balaban J connectivity index is 2.11. The number of allylic oxidation sites excluding steroid dienone is 1. The van der Waals surface area contributed by atoms with Crippen molar-refractivity contribution in [3.8, 4) is 0 Å². The molecule has 1 heteroatoms. The van der Waals surface area contributed by atoms with Crippen LogP contribution in [0.15, 0.2) is 11.1 Å². The summed E-state index contributed by atoms with van der Waals surface area (Å²) in [6.07, 6.45) is 6.55. The fraction of sp³-hybridized carbons (Fsp3) is 0.867. The van der Waals surface area contributed by atoms with E-state index < -0.39 is 0 Å². The molecule has 0 aromatic carbocycles. The molecule has 0 aliphatic heterocycles. The molecule has 4 unspecified atom stereocenters. The van der Waals surface area contributed by atoms with Crippen molar-refractivity contribution in [1.82, 2.24) is 0 Å². The summed E-state index contributed by atoms with van der Waals surface area (Å²) in [5.74, 6) is 1.73. The minimum atomic E-state index is 0.114. The summed E-state index contributed by atoms with van der Waals surface area (Å²) in [5, 5.41) is 9.74. The highest BCUT2D eigenvalue weighted by Gasteiger charge is 2.55. The molecule has 1 nitrogen and oxygen atoms in total. The van der Waals surface area contributed by atoms with Gasteiger partial charge in [-0.3, -0.25) is 0 Å². The Morgan fingerprint density at radius 3 is 2.75 bits per heavy atom. The molecule has 1 saturated carbocycles. The highest BCUT2D eigenvalue weighted by molar-refractivity contribution is 5.40. The SMILES string of the molecule is CC1CCC2=C3C1CCC3(C)CC2(C)CO. The van der Waals surface area contributed by atoms with Gasteiger partial charge in [0.15, 0.2) is 0 Å². The molecule has 0 aromatic rings. The summed E-state index contributed by atoms with van der Waals surface area (Å²) in [5.41, 5.74) is 3.98. The predicted octanol–water partition coefficient (Wildman–Crippen LogP) is 3.53. The van der Waals surface area contributed by atoms with Crippen molar-refractivity contribution in [2.45, 2.75) is 52.9 Å². The monoisotopic (exact) mass is 220 g/mol. The highest BCUT2D eigenvalue weighted by Crippen LogP contribution is 2.66. The minimum Gasteiger partial charge on any atom is -0.395 e. The van der Waals surface area contributed by atoms with E-state index in [0.29, 0.717) is 12.0 Å². The number of aliphatic hydroxyl groups is 1. The third kappa shape index (κ3) is 1.16. The number of rotatable bonds is 1. The Labute approximate surface area is 98.9 Å². The molecule has 90 valence electrons. The van der Waals surface area contributed by atoms with Crippen molar-refractivity contribution in [1.29, 1.82) is 0 Å². The van der Waals surface area contributed by atoms with Crippen LogP contribution in [-0.4, -0.2) is 11.7 Å². The average molecular weight is 220 g/mol. The molecule has 3 rings (SSSR count). The third-order valence-corrected chi connectivity index (χ3v) is 5.75. The molecule has 0 bridgehead atoms. The average Bonchev–Trinajstić information content (AvgIpc) is 2.68. The lowest BCUT2D eigenvalue weighted by Crippen LogP contribution is -2.26. The van der Waals surface area contributed by atoms with Gasteiger partial charge >= 0.3 is 0 Å². The van der Waals surface area contributed by atoms with Crippen molar-refractivity contribution in [3.63, 3.8) is 0 Å². The lowest BCUT2D eigenvalue weighted by Gasteiger charge is -2.33. The fourth-order valence-corrected chi connectivity index (χ4v) is 5.00. The molecule has 4 atom stereocenters. The molecule has 1 fully saturated rings. The second-order valence-electron chi connectivity index (χ2n) is 7.01. The topological polar surface area (TPSA) is 20.2 Å². The first-order valence-electron chi connectivity index (χ1n) is 6.85. The molecule has 0 spiro atoms. The molecular formula is C15H24O. The van der Waals surface area contributed by atoms with E-state index in [4.69, 9.17) is 0 Å². The summed E-state index contributed by atoms with van der Waals surface area (Å²) in [6, 6.07) is 0. The Morgan fingerprint density at radius 1 is 1.31 bits per heavy atom. The van der Waals surface area contributed by atoms with E-state index in [-0.39, 0.29) is 5.41 Å². The molecule has 0 aromatic heterocycles. The third-order valence-electron chi connectivity index (χ3n) is 5.75. The lowest BCUT2D eigenvalue weighted by atomic mass is 9.72. The fourth-order valence-electron chi connectivity index (χ4n) is 5.00. The Bertz CT molecular complexity index is 356. The second kappa shape index (κ2) is 3.13. The molecule has 1 N–H and O–H groups in total. The van der Waals surface area contributed by atoms with Gasteiger partial charge in [0.2, 0.25) is 0 Å². The molecule has 0 radical (unpaired) electrons. The number of hydrogen-bond acceptors (Lipinski definition) is 1. The van der Waals surface area contributed by atoms with Crippen LogP contribution in [0.2, 0.25) is 0 Å². The van der Waals surface area contributed by atoms with Gasteiger partial charge in [-0.05, 0) is 49.4 Å². The van der Waals surface area contributed by atoms with Gasteiger partial charge in [-0.15, -0.1) is 0 Å². The van der Waals surface area contributed by atoms with E-state index in [0.717, 1.165) is 11.8 Å². The first kappa shape index (κ1) is 10.8. The Morgan fingerprint density at radius 2 is 2.06 bits per heavy atom. The van der Waals surface area contributed by atoms with Gasteiger partial charge < -0.3 is 5.11 Å². The molecule has 0 saturated heterocycles. The number of aliphatic hydroxyl groups excluding tert-OH is 1. The van der Waals surface area contributed by atoms with E-state index in [1.54, 1.807) is 11.1 Å². The quantitative estimate of drug-likeness (QED) is 0.670. The largest absolute Gasteiger partial charge is 0.395 e. The van der Waals surface area contributed by atoms with Crippen molar-refractivity contribution in [2.75, 3.05) is 6.61 Å². The van der Waals surface area contributed by atoms with Gasteiger partial charge in [0.05, 0.1) is 6.61 Å². The summed E-state index contributed by atoms with van der Waals surface area (Å²) < 4.78 is 0. The van der Waals surface area contributed by atoms with E-state index in [1.807, 2.05) is 0 Å². The van der Waals surface area contributed by atoms with Crippen LogP contribution in [0.3, 0.4) is 0 Å². The first-order chi connectivity index (χ1) is 7.50. The van der Waals surface area contributed by atoms with Crippen molar-refractivity contribution in [2.24, 2.45) is 22.7 Å². The van der Waals surface area contributed by atoms with Crippen LogP contribution in [0.1, 0.15) is 52.9 Å². The molecule has 16 heavy (non-hydrogen) atoms.